The van der Waals surface area contributed by atoms with Crippen LogP contribution in [0.15, 0.2) is 36.4 Å². The second-order valence-corrected chi connectivity index (χ2v) is 6.29. The van der Waals surface area contributed by atoms with Gasteiger partial charge >= 0.3 is 12.1 Å². The van der Waals surface area contributed by atoms with E-state index >= 15 is 0 Å². The number of amides is 1. The zero-order valence-corrected chi connectivity index (χ0v) is 13.4. The Morgan fingerprint density at radius 2 is 1.79 bits per heavy atom. The molecule has 0 bridgehead atoms. The average molecular weight is 357 g/mol. The van der Waals surface area contributed by atoms with Gasteiger partial charge in [0.2, 0.25) is 0 Å². The van der Waals surface area contributed by atoms with E-state index in [2.05, 4.69) is 5.32 Å². The van der Waals surface area contributed by atoms with E-state index in [0.717, 1.165) is 17.4 Å². The van der Waals surface area contributed by atoms with E-state index in [1.807, 2.05) is 0 Å². The fourth-order valence-electron chi connectivity index (χ4n) is 2.23. The summed E-state index contributed by atoms with van der Waals surface area (Å²) in [6.07, 6.45) is -4.44. The van der Waals surface area contributed by atoms with Gasteiger partial charge in [0.1, 0.15) is 4.88 Å². The molecule has 0 fully saturated rings. The maximum Gasteiger partial charge on any atom is 0.416 e. The smallest absolute Gasteiger partial charge is 0.416 e. The van der Waals surface area contributed by atoms with E-state index in [1.165, 1.54) is 30.3 Å². The molecule has 0 aliphatic carbocycles. The topological polar surface area (TPSA) is 66.4 Å². The molecule has 1 amide bonds. The van der Waals surface area contributed by atoms with Crippen molar-refractivity contribution in [2.24, 2.45) is 0 Å². The first-order valence-electron chi connectivity index (χ1n) is 6.97. The zero-order valence-electron chi connectivity index (χ0n) is 12.6. The van der Waals surface area contributed by atoms with E-state index in [0.29, 0.717) is 0 Å². The fraction of sp³-hybridized carbons (Fsp3) is 0.250. The molecule has 128 valence electrons. The number of alkyl halides is 3. The summed E-state index contributed by atoms with van der Waals surface area (Å²) in [5.74, 6) is -1.64. The zero-order chi connectivity index (χ0) is 17.9. The molecular weight excluding hydrogens is 343 g/mol. The third kappa shape index (κ3) is 4.35. The first-order valence-corrected chi connectivity index (χ1v) is 7.79. The van der Waals surface area contributed by atoms with Crippen LogP contribution < -0.4 is 5.32 Å². The number of thiophene rings is 1. The number of aromatic carboxylic acids is 1. The van der Waals surface area contributed by atoms with Crippen molar-refractivity contribution in [1.29, 1.82) is 0 Å². The van der Waals surface area contributed by atoms with Crippen LogP contribution in [0.2, 0.25) is 0 Å². The van der Waals surface area contributed by atoms with Crippen LogP contribution in [0, 0.1) is 0 Å². The van der Waals surface area contributed by atoms with Crippen LogP contribution >= 0.6 is 11.3 Å². The molecule has 0 saturated carbocycles. The van der Waals surface area contributed by atoms with E-state index in [9.17, 15) is 22.8 Å². The van der Waals surface area contributed by atoms with Crippen molar-refractivity contribution in [3.05, 3.63) is 57.3 Å². The molecule has 24 heavy (non-hydrogen) atoms. The molecule has 0 aliphatic heterocycles. The number of carbonyl (C=O) groups is 2. The number of carboxylic acids is 1. The molecule has 0 spiro atoms. The van der Waals surface area contributed by atoms with E-state index in [-0.39, 0.29) is 21.7 Å². The van der Waals surface area contributed by atoms with Crippen molar-refractivity contribution in [3.8, 4) is 0 Å². The summed E-state index contributed by atoms with van der Waals surface area (Å²) in [6.45, 7) is 1.59. The first kappa shape index (κ1) is 18.0. The number of rotatable bonds is 5. The summed E-state index contributed by atoms with van der Waals surface area (Å²) in [5.41, 5.74) is -0.634. The van der Waals surface area contributed by atoms with Gasteiger partial charge in [-0.3, -0.25) is 4.79 Å². The molecule has 1 aromatic carbocycles. The monoisotopic (exact) mass is 357 g/mol. The molecule has 0 radical (unpaired) electrons. The van der Waals surface area contributed by atoms with Gasteiger partial charge in [-0.15, -0.1) is 11.3 Å². The molecule has 1 unspecified atom stereocenters. The van der Waals surface area contributed by atoms with Gasteiger partial charge < -0.3 is 10.4 Å². The van der Waals surface area contributed by atoms with Crippen LogP contribution in [0.1, 0.15) is 37.4 Å². The van der Waals surface area contributed by atoms with E-state index in [1.54, 1.807) is 6.92 Å². The normalized spacial score (nSPS) is 12.7. The SMILES string of the molecule is CC(Cc1ccccc1C(F)(F)F)NC(=O)c1ccc(C(=O)O)s1. The molecule has 2 aromatic rings. The molecule has 2 N–H and O–H groups in total. The highest BCUT2D eigenvalue weighted by Gasteiger charge is 2.33. The number of nitrogens with one attached hydrogen (secondary N) is 1. The Labute approximate surface area is 139 Å². The highest BCUT2D eigenvalue weighted by molar-refractivity contribution is 7.15. The van der Waals surface area contributed by atoms with Crippen molar-refractivity contribution < 1.29 is 27.9 Å². The van der Waals surface area contributed by atoms with Gasteiger partial charge in [-0.2, -0.15) is 13.2 Å². The third-order valence-electron chi connectivity index (χ3n) is 3.27. The van der Waals surface area contributed by atoms with Gasteiger partial charge in [0.05, 0.1) is 10.4 Å². The number of hydrogen-bond donors (Lipinski definition) is 2. The highest BCUT2D eigenvalue weighted by atomic mass is 32.1. The maximum absolute atomic E-state index is 13.0. The van der Waals surface area contributed by atoms with Gasteiger partial charge in [0, 0.05) is 6.04 Å². The third-order valence-corrected chi connectivity index (χ3v) is 4.34. The molecule has 0 saturated heterocycles. The quantitative estimate of drug-likeness (QED) is 0.855. The van der Waals surface area contributed by atoms with Crippen LogP contribution in [-0.4, -0.2) is 23.0 Å². The first-order chi connectivity index (χ1) is 11.2. The predicted octanol–water partition coefficient (Wildman–Crippen LogP) is 3.83. The largest absolute Gasteiger partial charge is 0.477 e. The molecule has 4 nitrogen and oxygen atoms in total. The number of halogens is 3. The Hall–Kier alpha value is -2.35. The Balaban J connectivity index is 2.07. The minimum atomic E-state index is -4.45. The summed E-state index contributed by atoms with van der Waals surface area (Å²) in [6, 6.07) is 7.34. The summed E-state index contributed by atoms with van der Waals surface area (Å²) >= 11 is 0.813. The predicted molar refractivity (Wildman–Crippen MR) is 83.4 cm³/mol. The lowest BCUT2D eigenvalue weighted by Crippen LogP contribution is -2.34. The van der Waals surface area contributed by atoms with E-state index in [4.69, 9.17) is 5.11 Å². The second kappa shape index (κ2) is 7.04. The lowest BCUT2D eigenvalue weighted by molar-refractivity contribution is -0.138. The molecule has 1 aromatic heterocycles. The van der Waals surface area contributed by atoms with Crippen molar-refractivity contribution in [3.63, 3.8) is 0 Å². The lowest BCUT2D eigenvalue weighted by atomic mass is 10.0. The highest BCUT2D eigenvalue weighted by Crippen LogP contribution is 2.32. The minimum absolute atomic E-state index is 0.0125. The van der Waals surface area contributed by atoms with Gasteiger partial charge in [-0.1, -0.05) is 18.2 Å². The van der Waals surface area contributed by atoms with Gasteiger partial charge in [0.25, 0.3) is 5.91 Å². The molecule has 1 atom stereocenters. The second-order valence-electron chi connectivity index (χ2n) is 5.20. The summed E-state index contributed by atoms with van der Waals surface area (Å²) < 4.78 is 38.9. The minimum Gasteiger partial charge on any atom is -0.477 e. The number of carboxylic acid groups (broad SMARTS) is 1. The Kier molecular flexibility index (Phi) is 5.28. The summed E-state index contributed by atoms with van der Waals surface area (Å²) in [7, 11) is 0. The standard InChI is InChI=1S/C16H14F3NO3S/c1-9(8-10-4-2-3-5-11(10)16(17,18)19)20-14(21)12-6-7-13(24-12)15(22)23/h2-7,9H,8H2,1H3,(H,20,21)(H,22,23). The number of hydrogen-bond acceptors (Lipinski definition) is 3. The van der Waals surface area contributed by atoms with Crippen LogP contribution in [0.4, 0.5) is 13.2 Å². The summed E-state index contributed by atoms with van der Waals surface area (Å²) in [4.78, 5) is 23.1. The van der Waals surface area contributed by atoms with Crippen molar-refractivity contribution >= 4 is 23.2 Å². The van der Waals surface area contributed by atoms with Crippen LogP contribution in [0.25, 0.3) is 0 Å². The van der Waals surface area contributed by atoms with Crippen molar-refractivity contribution in [2.45, 2.75) is 25.6 Å². The molecule has 2 rings (SSSR count). The van der Waals surface area contributed by atoms with Crippen LogP contribution in [-0.2, 0) is 12.6 Å². The molecule has 0 aliphatic rings. The van der Waals surface area contributed by atoms with Crippen LogP contribution in [0.3, 0.4) is 0 Å². The number of benzene rings is 1. The fourth-order valence-corrected chi connectivity index (χ4v) is 2.97. The Morgan fingerprint density at radius 1 is 1.17 bits per heavy atom. The molecular formula is C16H14F3NO3S. The Bertz CT molecular complexity index is 755. The maximum atomic E-state index is 13.0. The molecule has 1 heterocycles. The van der Waals surface area contributed by atoms with Gasteiger partial charge in [0.15, 0.2) is 0 Å². The molecule has 8 heteroatoms. The van der Waals surface area contributed by atoms with Crippen molar-refractivity contribution in [1.82, 2.24) is 5.32 Å². The van der Waals surface area contributed by atoms with Crippen LogP contribution in [0.5, 0.6) is 0 Å². The lowest BCUT2D eigenvalue weighted by Gasteiger charge is -2.17. The summed E-state index contributed by atoms with van der Waals surface area (Å²) in [5, 5.41) is 11.4. The Morgan fingerprint density at radius 3 is 2.38 bits per heavy atom. The average Bonchev–Trinajstić information content (AvgIpc) is 2.96. The van der Waals surface area contributed by atoms with Gasteiger partial charge in [-0.25, -0.2) is 4.79 Å². The van der Waals surface area contributed by atoms with Gasteiger partial charge in [-0.05, 0) is 37.1 Å². The van der Waals surface area contributed by atoms with Crippen molar-refractivity contribution in [2.75, 3.05) is 0 Å². The number of carbonyl (C=O) groups excluding carboxylic acids is 1. The van der Waals surface area contributed by atoms with E-state index < -0.39 is 29.7 Å².